The molecule has 5 nitrogen and oxygen atoms in total. The van der Waals surface area contributed by atoms with E-state index in [2.05, 4.69) is 33.8 Å². The van der Waals surface area contributed by atoms with Crippen LogP contribution in [0.2, 0.25) is 0 Å². The summed E-state index contributed by atoms with van der Waals surface area (Å²) in [6.07, 6.45) is 2.37. The molecule has 1 saturated carbocycles. The van der Waals surface area contributed by atoms with E-state index in [-0.39, 0.29) is 11.9 Å². The molecule has 0 bridgehead atoms. The maximum atomic E-state index is 12.5. The topological polar surface area (TPSA) is 51.0 Å². The van der Waals surface area contributed by atoms with Gasteiger partial charge >= 0.3 is 0 Å². The Morgan fingerprint density at radius 1 is 1.35 bits per heavy atom. The Bertz CT molecular complexity index is 681. The molecule has 0 saturated heterocycles. The number of amides is 1. The number of carbonyl (C=O) groups is 1. The number of hydrogen-bond donors (Lipinski definition) is 0. The molecular formula is C17H22N4OS. The molecule has 1 aromatic carbocycles. The van der Waals surface area contributed by atoms with Gasteiger partial charge in [0.25, 0.3) is 0 Å². The van der Waals surface area contributed by atoms with Gasteiger partial charge in [-0.3, -0.25) is 4.79 Å². The predicted octanol–water partition coefficient (Wildman–Crippen LogP) is 3.23. The zero-order valence-electron chi connectivity index (χ0n) is 13.8. The van der Waals surface area contributed by atoms with Crippen LogP contribution in [0.1, 0.15) is 43.2 Å². The van der Waals surface area contributed by atoms with Crippen LogP contribution in [0.4, 0.5) is 0 Å². The molecule has 1 fully saturated rings. The summed E-state index contributed by atoms with van der Waals surface area (Å²) in [4.78, 5) is 14.3. The number of hydrogen-bond acceptors (Lipinski definition) is 4. The van der Waals surface area contributed by atoms with Gasteiger partial charge < -0.3 is 9.47 Å². The molecule has 1 aromatic heterocycles. The lowest BCUT2D eigenvalue weighted by Gasteiger charge is -2.25. The standard InChI is InChI=1S/C17H22N4OS/c1-12(14-7-5-4-6-8-14)20(3)16(22)11-23-17-19-18-13(2)21(17)15-9-10-15/h4-8,12,15H,9-11H2,1-3H3/t12-/m1/s1. The van der Waals surface area contributed by atoms with Crippen molar-refractivity contribution in [2.24, 2.45) is 0 Å². The second kappa shape index (κ2) is 6.74. The number of aryl methyl sites for hydroxylation is 1. The monoisotopic (exact) mass is 330 g/mol. The smallest absolute Gasteiger partial charge is 0.233 e. The number of benzene rings is 1. The predicted molar refractivity (Wildman–Crippen MR) is 91.4 cm³/mol. The number of nitrogens with zero attached hydrogens (tertiary/aromatic N) is 4. The highest BCUT2D eigenvalue weighted by Crippen LogP contribution is 2.38. The van der Waals surface area contributed by atoms with E-state index >= 15 is 0 Å². The third-order valence-electron chi connectivity index (χ3n) is 4.33. The molecule has 0 spiro atoms. The summed E-state index contributed by atoms with van der Waals surface area (Å²) < 4.78 is 2.17. The van der Waals surface area contributed by atoms with Crippen LogP contribution in [0.5, 0.6) is 0 Å². The maximum absolute atomic E-state index is 12.5. The highest BCUT2D eigenvalue weighted by molar-refractivity contribution is 7.99. The van der Waals surface area contributed by atoms with Gasteiger partial charge in [0.1, 0.15) is 5.82 Å². The van der Waals surface area contributed by atoms with Crippen molar-refractivity contribution in [3.05, 3.63) is 41.7 Å². The molecule has 0 N–H and O–H groups in total. The van der Waals surface area contributed by atoms with Crippen LogP contribution >= 0.6 is 11.8 Å². The molecular weight excluding hydrogens is 308 g/mol. The third-order valence-corrected chi connectivity index (χ3v) is 5.26. The largest absolute Gasteiger partial charge is 0.338 e. The normalized spacial score (nSPS) is 15.4. The van der Waals surface area contributed by atoms with Gasteiger partial charge in [0.15, 0.2) is 5.16 Å². The molecule has 1 atom stereocenters. The van der Waals surface area contributed by atoms with Crippen LogP contribution in [0, 0.1) is 6.92 Å². The van der Waals surface area contributed by atoms with Gasteiger partial charge in [-0.25, -0.2) is 0 Å². The Morgan fingerprint density at radius 2 is 2.04 bits per heavy atom. The molecule has 0 unspecified atom stereocenters. The van der Waals surface area contributed by atoms with Crippen molar-refractivity contribution in [2.75, 3.05) is 12.8 Å². The van der Waals surface area contributed by atoms with E-state index in [0.717, 1.165) is 16.5 Å². The van der Waals surface area contributed by atoms with Crippen molar-refractivity contribution in [1.29, 1.82) is 0 Å². The zero-order valence-corrected chi connectivity index (χ0v) is 14.6. The summed E-state index contributed by atoms with van der Waals surface area (Å²) in [5, 5.41) is 9.23. The summed E-state index contributed by atoms with van der Waals surface area (Å²) in [6.45, 7) is 4.02. The molecule has 122 valence electrons. The molecule has 1 aliphatic rings. The highest BCUT2D eigenvalue weighted by atomic mass is 32.2. The summed E-state index contributed by atoms with van der Waals surface area (Å²) in [6, 6.07) is 10.7. The van der Waals surface area contributed by atoms with Gasteiger partial charge in [-0.2, -0.15) is 0 Å². The first-order chi connectivity index (χ1) is 11.1. The third kappa shape index (κ3) is 3.58. The average molecular weight is 330 g/mol. The summed E-state index contributed by atoms with van der Waals surface area (Å²) >= 11 is 1.48. The van der Waals surface area contributed by atoms with Crippen molar-refractivity contribution < 1.29 is 4.79 Å². The number of thioether (sulfide) groups is 1. The van der Waals surface area contributed by atoms with Crippen molar-refractivity contribution in [1.82, 2.24) is 19.7 Å². The number of rotatable bonds is 6. The molecule has 1 aliphatic carbocycles. The summed E-state index contributed by atoms with van der Waals surface area (Å²) in [7, 11) is 1.86. The van der Waals surface area contributed by atoms with E-state index in [4.69, 9.17) is 0 Å². The Balaban J connectivity index is 1.61. The highest BCUT2D eigenvalue weighted by Gasteiger charge is 2.29. The van der Waals surface area contributed by atoms with Gasteiger partial charge in [0.05, 0.1) is 11.8 Å². The Morgan fingerprint density at radius 3 is 2.70 bits per heavy atom. The molecule has 0 radical (unpaired) electrons. The minimum absolute atomic E-state index is 0.0624. The number of aromatic nitrogens is 3. The molecule has 1 amide bonds. The van der Waals surface area contributed by atoms with Gasteiger partial charge in [0, 0.05) is 13.1 Å². The fourth-order valence-electron chi connectivity index (χ4n) is 2.60. The van der Waals surface area contributed by atoms with Gasteiger partial charge in [-0.05, 0) is 32.3 Å². The maximum Gasteiger partial charge on any atom is 0.233 e. The van der Waals surface area contributed by atoms with Crippen molar-refractivity contribution in [2.45, 2.75) is 43.9 Å². The van der Waals surface area contributed by atoms with E-state index in [9.17, 15) is 4.79 Å². The first kappa shape index (κ1) is 16.1. The van der Waals surface area contributed by atoms with Crippen molar-refractivity contribution in [3.8, 4) is 0 Å². The molecule has 1 heterocycles. The lowest BCUT2D eigenvalue weighted by molar-refractivity contribution is -0.128. The van der Waals surface area contributed by atoms with Crippen molar-refractivity contribution in [3.63, 3.8) is 0 Å². The van der Waals surface area contributed by atoms with Gasteiger partial charge in [-0.15, -0.1) is 10.2 Å². The minimum Gasteiger partial charge on any atom is -0.338 e. The van der Waals surface area contributed by atoms with Gasteiger partial charge in [-0.1, -0.05) is 42.1 Å². The second-order valence-electron chi connectivity index (χ2n) is 6.01. The van der Waals surface area contributed by atoms with E-state index < -0.39 is 0 Å². The van der Waals surface area contributed by atoms with E-state index in [0.29, 0.717) is 11.8 Å². The summed E-state index contributed by atoms with van der Waals surface area (Å²) in [5.41, 5.74) is 1.14. The van der Waals surface area contributed by atoms with Gasteiger partial charge in [0.2, 0.25) is 5.91 Å². The Labute approximate surface area is 141 Å². The molecule has 2 aromatic rings. The lowest BCUT2D eigenvalue weighted by Crippen LogP contribution is -2.31. The SMILES string of the molecule is Cc1nnc(SCC(=O)N(C)[C@H](C)c2ccccc2)n1C1CC1. The van der Waals surface area contributed by atoms with E-state index in [1.165, 1.54) is 24.6 Å². The fraction of sp³-hybridized carbons (Fsp3) is 0.471. The zero-order chi connectivity index (χ0) is 16.4. The van der Waals surface area contributed by atoms with E-state index in [1.54, 1.807) is 4.90 Å². The van der Waals surface area contributed by atoms with Crippen LogP contribution in [0.3, 0.4) is 0 Å². The van der Waals surface area contributed by atoms with Crippen molar-refractivity contribution >= 4 is 17.7 Å². The lowest BCUT2D eigenvalue weighted by atomic mass is 10.1. The van der Waals surface area contributed by atoms with Crippen LogP contribution in [-0.2, 0) is 4.79 Å². The summed E-state index contributed by atoms with van der Waals surface area (Å²) in [5.74, 6) is 1.43. The first-order valence-electron chi connectivity index (χ1n) is 7.93. The molecule has 3 rings (SSSR count). The second-order valence-corrected chi connectivity index (χ2v) is 6.95. The molecule has 0 aliphatic heterocycles. The van der Waals surface area contributed by atoms with Crippen LogP contribution in [0.15, 0.2) is 35.5 Å². The van der Waals surface area contributed by atoms with Crippen LogP contribution in [-0.4, -0.2) is 38.4 Å². The number of carbonyl (C=O) groups excluding carboxylic acids is 1. The minimum atomic E-state index is 0.0624. The quantitative estimate of drug-likeness (QED) is 0.763. The van der Waals surface area contributed by atoms with E-state index in [1.807, 2.05) is 32.2 Å². The average Bonchev–Trinajstić information content (AvgIpc) is 3.35. The fourth-order valence-corrected chi connectivity index (χ4v) is 3.58. The molecule has 23 heavy (non-hydrogen) atoms. The van der Waals surface area contributed by atoms with Crippen LogP contribution < -0.4 is 0 Å². The first-order valence-corrected chi connectivity index (χ1v) is 8.91. The Kier molecular flexibility index (Phi) is 4.71. The Hall–Kier alpha value is -1.82. The van der Waals surface area contributed by atoms with Crippen LogP contribution in [0.25, 0.3) is 0 Å². The molecule has 6 heteroatoms.